The van der Waals surface area contributed by atoms with E-state index in [-0.39, 0.29) is 18.8 Å². The Hall–Kier alpha value is -1.07. The van der Waals surface area contributed by atoms with E-state index in [1.807, 2.05) is 0 Å². The number of carbonyl (C=O) groups is 1. The van der Waals surface area contributed by atoms with E-state index in [2.05, 4.69) is 0 Å². The molecule has 0 saturated carbocycles. The Kier molecular flexibility index (Phi) is 5.82. The molecule has 0 amide bonds. The number of alkyl halides is 3. The normalized spacial score (nSPS) is 13.3. The summed E-state index contributed by atoms with van der Waals surface area (Å²) >= 11 is 5.75. The molecule has 6 heteroatoms. The lowest BCUT2D eigenvalue weighted by Gasteiger charge is -2.13. The van der Waals surface area contributed by atoms with Gasteiger partial charge in [-0.25, -0.2) is 0 Å². The molecule has 106 valence electrons. The van der Waals surface area contributed by atoms with Crippen molar-refractivity contribution >= 4 is 17.4 Å². The minimum absolute atomic E-state index is 0.104. The molecule has 0 spiro atoms. The van der Waals surface area contributed by atoms with Crippen LogP contribution in [0.1, 0.15) is 30.1 Å². The zero-order chi connectivity index (χ0) is 14.5. The summed E-state index contributed by atoms with van der Waals surface area (Å²) in [6.45, 7) is 1.41. The second kappa shape index (κ2) is 6.91. The van der Waals surface area contributed by atoms with Gasteiger partial charge in [0.05, 0.1) is 0 Å². The highest BCUT2D eigenvalue weighted by atomic mass is 35.5. The zero-order valence-corrected chi connectivity index (χ0v) is 11.1. The third-order valence-corrected chi connectivity index (χ3v) is 2.69. The van der Waals surface area contributed by atoms with Crippen LogP contribution in [-0.2, 0) is 4.74 Å². The minimum atomic E-state index is -4.19. The summed E-state index contributed by atoms with van der Waals surface area (Å²) in [5.41, 5.74) is 0.385. The SMILES string of the molecule is CC(OCCCC(F)(F)F)C(=O)c1cccc(Cl)c1. The minimum Gasteiger partial charge on any atom is -0.370 e. The predicted molar refractivity (Wildman–Crippen MR) is 66.5 cm³/mol. The molecule has 0 bridgehead atoms. The molecule has 0 fully saturated rings. The number of rotatable bonds is 6. The van der Waals surface area contributed by atoms with Gasteiger partial charge in [-0.05, 0) is 25.5 Å². The van der Waals surface area contributed by atoms with Crippen LogP contribution in [0, 0.1) is 0 Å². The standard InChI is InChI=1S/C13H14ClF3O2/c1-9(19-7-3-6-13(15,16)17)12(18)10-4-2-5-11(14)8-10/h2,4-5,8-9H,3,6-7H2,1H3. The first kappa shape index (κ1) is 16.0. The quantitative estimate of drug-likeness (QED) is 0.578. The maximum atomic E-state index is 11.9. The van der Waals surface area contributed by atoms with E-state index in [9.17, 15) is 18.0 Å². The number of halogens is 4. The van der Waals surface area contributed by atoms with Crippen molar-refractivity contribution in [3.8, 4) is 0 Å². The van der Waals surface area contributed by atoms with Crippen LogP contribution in [0.5, 0.6) is 0 Å². The first-order valence-corrected chi connectivity index (χ1v) is 6.15. The topological polar surface area (TPSA) is 26.3 Å². The van der Waals surface area contributed by atoms with E-state index < -0.39 is 18.7 Å². The number of ketones is 1. The van der Waals surface area contributed by atoms with Gasteiger partial charge in [0.2, 0.25) is 0 Å². The highest BCUT2D eigenvalue weighted by Gasteiger charge is 2.26. The molecular formula is C13H14ClF3O2. The molecule has 0 radical (unpaired) electrons. The van der Waals surface area contributed by atoms with E-state index in [0.29, 0.717) is 10.6 Å². The van der Waals surface area contributed by atoms with E-state index in [0.717, 1.165) is 0 Å². The average Bonchev–Trinajstić information content (AvgIpc) is 2.32. The van der Waals surface area contributed by atoms with Gasteiger partial charge in [-0.15, -0.1) is 0 Å². The molecule has 0 aromatic heterocycles. The van der Waals surface area contributed by atoms with Crippen LogP contribution in [-0.4, -0.2) is 24.7 Å². The maximum Gasteiger partial charge on any atom is 0.389 e. The molecule has 1 unspecified atom stereocenters. The summed E-state index contributed by atoms with van der Waals surface area (Å²) in [7, 11) is 0. The molecule has 0 heterocycles. The summed E-state index contributed by atoms with van der Waals surface area (Å²) in [5, 5.41) is 0.426. The smallest absolute Gasteiger partial charge is 0.370 e. The number of ether oxygens (including phenoxy) is 1. The molecule has 1 aromatic rings. The lowest BCUT2D eigenvalue weighted by molar-refractivity contribution is -0.138. The van der Waals surface area contributed by atoms with E-state index >= 15 is 0 Å². The molecule has 1 rings (SSSR count). The number of hydrogen-bond acceptors (Lipinski definition) is 2. The predicted octanol–water partition coefficient (Wildman–Crippen LogP) is 4.27. The summed E-state index contributed by atoms with van der Waals surface area (Å²) in [6, 6.07) is 6.35. The largest absolute Gasteiger partial charge is 0.389 e. The monoisotopic (exact) mass is 294 g/mol. The van der Waals surface area contributed by atoms with Crippen molar-refractivity contribution < 1.29 is 22.7 Å². The molecule has 0 N–H and O–H groups in total. The molecule has 1 aromatic carbocycles. The van der Waals surface area contributed by atoms with Gasteiger partial charge in [-0.1, -0.05) is 23.7 Å². The molecule has 0 aliphatic rings. The van der Waals surface area contributed by atoms with Gasteiger partial charge in [0.25, 0.3) is 0 Å². The van der Waals surface area contributed by atoms with Gasteiger partial charge in [0.15, 0.2) is 5.78 Å². The Morgan fingerprint density at radius 3 is 2.68 bits per heavy atom. The molecular weight excluding hydrogens is 281 g/mol. The molecule has 0 saturated heterocycles. The molecule has 19 heavy (non-hydrogen) atoms. The van der Waals surface area contributed by atoms with E-state index in [1.165, 1.54) is 13.0 Å². The summed E-state index contributed by atoms with van der Waals surface area (Å²) in [4.78, 5) is 11.9. The molecule has 1 atom stereocenters. The van der Waals surface area contributed by atoms with Gasteiger partial charge < -0.3 is 4.74 Å². The van der Waals surface area contributed by atoms with Crippen molar-refractivity contribution in [2.75, 3.05) is 6.61 Å². The van der Waals surface area contributed by atoms with Crippen LogP contribution in [0.25, 0.3) is 0 Å². The lowest BCUT2D eigenvalue weighted by atomic mass is 10.1. The zero-order valence-electron chi connectivity index (χ0n) is 10.3. The first-order chi connectivity index (χ1) is 8.79. The van der Waals surface area contributed by atoms with Crippen molar-refractivity contribution in [1.29, 1.82) is 0 Å². The Morgan fingerprint density at radius 2 is 2.11 bits per heavy atom. The van der Waals surface area contributed by atoms with Crippen LogP contribution in [0.4, 0.5) is 13.2 Å². The van der Waals surface area contributed by atoms with Crippen molar-refractivity contribution in [1.82, 2.24) is 0 Å². The Balaban J connectivity index is 2.41. The van der Waals surface area contributed by atoms with Crippen molar-refractivity contribution in [3.05, 3.63) is 34.9 Å². The second-order valence-electron chi connectivity index (χ2n) is 4.11. The number of Topliss-reactive ketones (excluding diaryl/α,β-unsaturated/α-hetero) is 1. The van der Waals surface area contributed by atoms with Gasteiger partial charge in [0, 0.05) is 23.6 Å². The third kappa shape index (κ3) is 6.07. The Labute approximate surface area is 114 Å². The number of hydrogen-bond donors (Lipinski definition) is 0. The van der Waals surface area contributed by atoms with Gasteiger partial charge in [-0.3, -0.25) is 4.79 Å². The van der Waals surface area contributed by atoms with Gasteiger partial charge in [-0.2, -0.15) is 13.2 Å². The fourth-order valence-electron chi connectivity index (χ4n) is 1.48. The summed E-state index contributed by atoms with van der Waals surface area (Å²) in [5.74, 6) is -0.297. The van der Waals surface area contributed by atoms with Crippen LogP contribution in [0.15, 0.2) is 24.3 Å². The van der Waals surface area contributed by atoms with Crippen molar-refractivity contribution in [2.45, 2.75) is 32.0 Å². The molecule has 2 nitrogen and oxygen atoms in total. The highest BCUT2D eigenvalue weighted by molar-refractivity contribution is 6.31. The van der Waals surface area contributed by atoms with Gasteiger partial charge in [0.1, 0.15) is 6.10 Å². The summed E-state index contributed by atoms with van der Waals surface area (Å²) in [6.07, 6.45) is -6.04. The van der Waals surface area contributed by atoms with E-state index in [4.69, 9.17) is 16.3 Å². The van der Waals surface area contributed by atoms with E-state index in [1.54, 1.807) is 18.2 Å². The lowest BCUT2D eigenvalue weighted by Crippen LogP contribution is -2.22. The third-order valence-electron chi connectivity index (χ3n) is 2.45. The molecule has 0 aliphatic carbocycles. The molecule has 0 aliphatic heterocycles. The maximum absolute atomic E-state index is 11.9. The average molecular weight is 295 g/mol. The van der Waals surface area contributed by atoms with Crippen molar-refractivity contribution in [2.24, 2.45) is 0 Å². The van der Waals surface area contributed by atoms with Crippen LogP contribution in [0.2, 0.25) is 5.02 Å². The highest BCUT2D eigenvalue weighted by Crippen LogP contribution is 2.21. The number of benzene rings is 1. The van der Waals surface area contributed by atoms with Crippen LogP contribution in [0.3, 0.4) is 0 Å². The Morgan fingerprint density at radius 1 is 1.42 bits per heavy atom. The van der Waals surface area contributed by atoms with Gasteiger partial charge >= 0.3 is 6.18 Å². The summed E-state index contributed by atoms with van der Waals surface area (Å²) < 4.78 is 40.8. The fraction of sp³-hybridized carbons (Fsp3) is 0.462. The van der Waals surface area contributed by atoms with Crippen LogP contribution >= 0.6 is 11.6 Å². The fourth-order valence-corrected chi connectivity index (χ4v) is 1.68. The second-order valence-corrected chi connectivity index (χ2v) is 4.54. The number of carbonyl (C=O) groups excluding carboxylic acids is 1. The Bertz CT molecular complexity index is 432. The first-order valence-electron chi connectivity index (χ1n) is 5.78. The van der Waals surface area contributed by atoms with Crippen molar-refractivity contribution in [3.63, 3.8) is 0 Å². The van der Waals surface area contributed by atoms with Crippen LogP contribution < -0.4 is 0 Å².